The molecule has 2 aliphatic heterocycles. The zero-order valence-electron chi connectivity index (χ0n) is 13.4. The number of piperidine rings is 1. The van der Waals surface area contributed by atoms with Crippen LogP contribution in [0.15, 0.2) is 12.3 Å². The summed E-state index contributed by atoms with van der Waals surface area (Å²) >= 11 is 0. The van der Waals surface area contributed by atoms with Gasteiger partial charge in [-0.1, -0.05) is 55.0 Å². The van der Waals surface area contributed by atoms with E-state index >= 15 is 0 Å². The van der Waals surface area contributed by atoms with Gasteiger partial charge < -0.3 is 4.90 Å². The zero-order chi connectivity index (χ0) is 13.9. The lowest BCUT2D eigenvalue weighted by Crippen LogP contribution is -2.46. The van der Waals surface area contributed by atoms with Crippen LogP contribution in [0.2, 0.25) is 0 Å². The average Bonchev–Trinajstić information content (AvgIpc) is 2.37. The predicted octanol–water partition coefficient (Wildman–Crippen LogP) is 4.69. The fraction of sp³-hybridized carbons (Fsp3) is 0.882. The summed E-state index contributed by atoms with van der Waals surface area (Å²) in [6, 6.07) is 0.693. The van der Waals surface area contributed by atoms with Crippen LogP contribution in [0.5, 0.6) is 0 Å². The highest BCUT2D eigenvalue weighted by Crippen LogP contribution is 2.58. The van der Waals surface area contributed by atoms with Crippen molar-refractivity contribution in [3.05, 3.63) is 12.3 Å². The zero-order valence-corrected chi connectivity index (χ0v) is 13.4. The van der Waals surface area contributed by atoms with Crippen LogP contribution in [0.25, 0.3) is 0 Å². The van der Waals surface area contributed by atoms with Crippen molar-refractivity contribution in [2.24, 2.45) is 22.2 Å². The molecule has 2 aliphatic rings. The summed E-state index contributed by atoms with van der Waals surface area (Å²) in [5, 5.41) is 0. The van der Waals surface area contributed by atoms with Gasteiger partial charge in [-0.05, 0) is 29.6 Å². The molecular weight excluding hydrogens is 218 g/mol. The van der Waals surface area contributed by atoms with E-state index in [-0.39, 0.29) is 5.41 Å². The highest BCUT2D eigenvalue weighted by atomic mass is 15.2. The van der Waals surface area contributed by atoms with Gasteiger partial charge in [0.05, 0.1) is 0 Å². The maximum Gasteiger partial charge on any atom is 0.0347 e. The fourth-order valence-corrected chi connectivity index (χ4v) is 3.87. The molecular formula is C17H31N. The molecule has 2 saturated heterocycles. The molecule has 1 nitrogen and oxygen atoms in total. The fourth-order valence-electron chi connectivity index (χ4n) is 3.87. The first kappa shape index (κ1) is 14.0. The Balaban J connectivity index is 2.28. The normalized spacial score (nSPS) is 34.6. The standard InChI is InChI=1S/C17H31N/c1-12-16(5,6)17(7,8)14-10-9-13(11-18(12)14)15(2,3)4/h13-14H,1,9-11H2,2-8H3. The molecule has 0 amide bonds. The third kappa shape index (κ3) is 1.73. The van der Waals surface area contributed by atoms with Gasteiger partial charge >= 0.3 is 0 Å². The van der Waals surface area contributed by atoms with E-state index in [9.17, 15) is 0 Å². The van der Waals surface area contributed by atoms with Crippen molar-refractivity contribution in [1.29, 1.82) is 0 Å². The van der Waals surface area contributed by atoms with E-state index in [0.29, 0.717) is 16.9 Å². The summed E-state index contributed by atoms with van der Waals surface area (Å²) in [5.41, 5.74) is 2.35. The number of nitrogens with zero attached hydrogens (tertiary/aromatic N) is 1. The maximum atomic E-state index is 4.43. The molecule has 0 aromatic rings. The van der Waals surface area contributed by atoms with Gasteiger partial charge in [0.25, 0.3) is 0 Å². The SMILES string of the molecule is C=C1N2CC(C(C)(C)C)CCC2C(C)(C)C1(C)C. The summed E-state index contributed by atoms with van der Waals surface area (Å²) in [5.74, 6) is 0.801. The van der Waals surface area contributed by atoms with Crippen molar-refractivity contribution in [3.63, 3.8) is 0 Å². The van der Waals surface area contributed by atoms with Crippen molar-refractivity contribution < 1.29 is 0 Å². The number of rotatable bonds is 0. The molecule has 2 rings (SSSR count). The van der Waals surface area contributed by atoms with E-state index in [0.717, 1.165) is 5.92 Å². The van der Waals surface area contributed by atoms with E-state index < -0.39 is 0 Å². The van der Waals surface area contributed by atoms with Crippen LogP contribution in [0.1, 0.15) is 61.3 Å². The minimum atomic E-state index is 0.227. The van der Waals surface area contributed by atoms with Gasteiger partial charge in [-0.15, -0.1) is 0 Å². The molecule has 18 heavy (non-hydrogen) atoms. The van der Waals surface area contributed by atoms with E-state index in [4.69, 9.17) is 0 Å². The maximum absolute atomic E-state index is 4.43. The second kappa shape index (κ2) is 3.77. The van der Waals surface area contributed by atoms with Crippen molar-refractivity contribution in [2.75, 3.05) is 6.54 Å². The van der Waals surface area contributed by atoms with Gasteiger partial charge in [0, 0.05) is 23.7 Å². The Morgan fingerprint density at radius 2 is 1.67 bits per heavy atom. The molecule has 2 unspecified atom stereocenters. The third-order valence-corrected chi connectivity index (χ3v) is 6.32. The molecule has 2 atom stereocenters. The largest absolute Gasteiger partial charge is 0.371 e. The molecule has 0 aliphatic carbocycles. The Hall–Kier alpha value is -0.460. The third-order valence-electron chi connectivity index (χ3n) is 6.32. The first-order valence-corrected chi connectivity index (χ1v) is 7.45. The topological polar surface area (TPSA) is 3.24 Å². The smallest absolute Gasteiger partial charge is 0.0347 e. The lowest BCUT2D eigenvalue weighted by molar-refractivity contribution is 0.0514. The van der Waals surface area contributed by atoms with Gasteiger partial charge in [-0.3, -0.25) is 0 Å². The summed E-state index contributed by atoms with van der Waals surface area (Å²) in [4.78, 5) is 2.64. The summed E-state index contributed by atoms with van der Waals surface area (Å²) in [6.07, 6.45) is 2.70. The Morgan fingerprint density at radius 3 is 2.17 bits per heavy atom. The minimum Gasteiger partial charge on any atom is -0.371 e. The summed E-state index contributed by atoms with van der Waals surface area (Å²) in [6.45, 7) is 22.4. The van der Waals surface area contributed by atoms with E-state index in [1.165, 1.54) is 25.1 Å². The Bertz CT molecular complexity index is 356. The van der Waals surface area contributed by atoms with Gasteiger partial charge in [0.2, 0.25) is 0 Å². The lowest BCUT2D eigenvalue weighted by Gasteiger charge is -2.45. The van der Waals surface area contributed by atoms with E-state index in [1.54, 1.807) is 0 Å². The van der Waals surface area contributed by atoms with Gasteiger partial charge in [-0.25, -0.2) is 0 Å². The molecule has 1 heteroatoms. The molecule has 0 spiro atoms. The van der Waals surface area contributed by atoms with Gasteiger partial charge in [0.1, 0.15) is 0 Å². The van der Waals surface area contributed by atoms with Crippen molar-refractivity contribution >= 4 is 0 Å². The van der Waals surface area contributed by atoms with E-state index in [1.807, 2.05) is 0 Å². The van der Waals surface area contributed by atoms with E-state index in [2.05, 4.69) is 59.9 Å². The highest BCUT2D eigenvalue weighted by molar-refractivity contribution is 5.24. The van der Waals surface area contributed by atoms with Gasteiger partial charge in [0.15, 0.2) is 0 Å². The Labute approximate surface area is 114 Å². The molecule has 0 aromatic heterocycles. The van der Waals surface area contributed by atoms with Crippen LogP contribution in [0.3, 0.4) is 0 Å². The number of allylic oxidation sites excluding steroid dienone is 1. The number of hydrogen-bond acceptors (Lipinski definition) is 1. The molecule has 0 saturated carbocycles. The average molecular weight is 249 g/mol. The monoisotopic (exact) mass is 249 g/mol. The Kier molecular flexibility index (Phi) is 2.93. The van der Waals surface area contributed by atoms with Crippen LogP contribution in [0.4, 0.5) is 0 Å². The van der Waals surface area contributed by atoms with Crippen molar-refractivity contribution in [2.45, 2.75) is 67.3 Å². The number of fused-ring (bicyclic) bond motifs is 1. The molecule has 2 heterocycles. The number of hydrogen-bond donors (Lipinski definition) is 0. The molecule has 0 aromatic carbocycles. The van der Waals surface area contributed by atoms with Crippen molar-refractivity contribution in [3.8, 4) is 0 Å². The first-order valence-electron chi connectivity index (χ1n) is 7.45. The quantitative estimate of drug-likeness (QED) is 0.602. The molecule has 0 N–H and O–H groups in total. The molecule has 0 radical (unpaired) electrons. The van der Waals surface area contributed by atoms with Crippen LogP contribution < -0.4 is 0 Å². The predicted molar refractivity (Wildman–Crippen MR) is 79.4 cm³/mol. The minimum absolute atomic E-state index is 0.227. The van der Waals surface area contributed by atoms with Crippen LogP contribution in [-0.2, 0) is 0 Å². The second-order valence-corrected chi connectivity index (χ2v) is 8.60. The summed E-state index contributed by atoms with van der Waals surface area (Å²) < 4.78 is 0. The second-order valence-electron chi connectivity index (χ2n) is 8.60. The Morgan fingerprint density at radius 1 is 1.11 bits per heavy atom. The van der Waals surface area contributed by atoms with Gasteiger partial charge in [-0.2, -0.15) is 0 Å². The summed E-state index contributed by atoms with van der Waals surface area (Å²) in [7, 11) is 0. The van der Waals surface area contributed by atoms with Crippen LogP contribution >= 0.6 is 0 Å². The first-order chi connectivity index (χ1) is 7.99. The molecule has 2 fully saturated rings. The highest BCUT2D eigenvalue weighted by Gasteiger charge is 2.56. The van der Waals surface area contributed by atoms with Crippen LogP contribution in [-0.4, -0.2) is 17.5 Å². The molecule has 104 valence electrons. The van der Waals surface area contributed by atoms with Crippen molar-refractivity contribution in [1.82, 2.24) is 4.90 Å². The molecule has 0 bridgehead atoms. The lowest BCUT2D eigenvalue weighted by atomic mass is 9.64. The van der Waals surface area contributed by atoms with Crippen LogP contribution in [0, 0.1) is 22.2 Å².